The van der Waals surface area contributed by atoms with E-state index in [2.05, 4.69) is 33.9 Å². The standard InChI is InChI=1S/C30H42F2N8O2/c1-20(2)18-39(22-11-9-21(10-12-22)33-27(41)19-37(3)4)25-17-26(36-30(35-25)38-13-15-42-16-14-38)40-24-8-6-5-7-23(24)34-29(40)28(31)32/h5-8,17,20-22,28H,9-16,18-19H2,1-4H3,(H,33,41)/t21-,22-. The Morgan fingerprint density at radius 2 is 1.79 bits per heavy atom. The van der Waals surface area contributed by atoms with E-state index >= 15 is 0 Å². The number of halogens is 2. The van der Waals surface area contributed by atoms with Crippen molar-refractivity contribution in [3.05, 3.63) is 36.2 Å². The number of rotatable bonds is 10. The molecule has 0 radical (unpaired) electrons. The molecule has 0 unspecified atom stereocenters. The average molecular weight is 585 g/mol. The molecule has 5 rings (SSSR count). The molecule has 2 fully saturated rings. The van der Waals surface area contributed by atoms with Crippen molar-refractivity contribution in [1.29, 1.82) is 0 Å². The second-order valence-electron chi connectivity index (χ2n) is 11.9. The van der Waals surface area contributed by atoms with Crippen molar-refractivity contribution in [2.75, 3.05) is 63.3 Å². The van der Waals surface area contributed by atoms with E-state index < -0.39 is 6.43 Å². The summed E-state index contributed by atoms with van der Waals surface area (Å²) >= 11 is 0. The number of anilines is 2. The lowest BCUT2D eigenvalue weighted by Gasteiger charge is -2.39. The molecule has 3 heterocycles. The minimum atomic E-state index is -2.77. The number of para-hydroxylation sites is 2. The van der Waals surface area contributed by atoms with E-state index in [0.717, 1.165) is 32.2 Å². The molecule has 228 valence electrons. The lowest BCUT2D eigenvalue weighted by Crippen LogP contribution is -2.47. The number of likely N-dealkylation sites (N-methyl/N-ethyl adjacent to an activating group) is 1. The first-order chi connectivity index (χ1) is 20.2. The predicted molar refractivity (Wildman–Crippen MR) is 160 cm³/mol. The van der Waals surface area contributed by atoms with Gasteiger partial charge in [-0.1, -0.05) is 26.0 Å². The number of hydrogen-bond donors (Lipinski definition) is 1. The predicted octanol–water partition coefficient (Wildman–Crippen LogP) is 4.04. The summed E-state index contributed by atoms with van der Waals surface area (Å²) in [5, 5.41) is 3.18. The van der Waals surface area contributed by atoms with E-state index in [1.54, 1.807) is 18.2 Å². The maximum absolute atomic E-state index is 14.3. The first-order valence-corrected chi connectivity index (χ1v) is 14.9. The lowest BCUT2D eigenvalue weighted by atomic mass is 9.89. The van der Waals surface area contributed by atoms with Crippen LogP contribution in [0.25, 0.3) is 16.9 Å². The van der Waals surface area contributed by atoms with E-state index in [4.69, 9.17) is 14.7 Å². The highest BCUT2D eigenvalue weighted by Crippen LogP contribution is 2.33. The monoisotopic (exact) mass is 584 g/mol. The van der Waals surface area contributed by atoms with Crippen molar-refractivity contribution in [2.45, 2.75) is 58.0 Å². The molecule has 2 aliphatic rings. The summed E-state index contributed by atoms with van der Waals surface area (Å²) < 4.78 is 35.7. The van der Waals surface area contributed by atoms with Crippen LogP contribution in [0, 0.1) is 5.92 Å². The third-order valence-electron chi connectivity index (χ3n) is 7.81. The fraction of sp³-hybridized carbons (Fsp3) is 0.600. The minimum Gasteiger partial charge on any atom is -0.378 e. The third-order valence-corrected chi connectivity index (χ3v) is 7.81. The molecule has 0 bridgehead atoms. The van der Waals surface area contributed by atoms with Crippen LogP contribution in [0.2, 0.25) is 0 Å². The van der Waals surface area contributed by atoms with Crippen LogP contribution < -0.4 is 15.1 Å². The van der Waals surface area contributed by atoms with Crippen LogP contribution in [0.3, 0.4) is 0 Å². The summed E-state index contributed by atoms with van der Waals surface area (Å²) in [7, 11) is 3.77. The number of carbonyl (C=O) groups is 1. The molecule has 10 nitrogen and oxygen atoms in total. The van der Waals surface area contributed by atoms with Crippen molar-refractivity contribution in [3.8, 4) is 5.82 Å². The van der Waals surface area contributed by atoms with Gasteiger partial charge in [-0.2, -0.15) is 9.97 Å². The van der Waals surface area contributed by atoms with Gasteiger partial charge in [0.15, 0.2) is 5.82 Å². The fourth-order valence-electron chi connectivity index (χ4n) is 5.92. The van der Waals surface area contributed by atoms with Gasteiger partial charge < -0.3 is 24.8 Å². The van der Waals surface area contributed by atoms with Crippen molar-refractivity contribution in [2.24, 2.45) is 5.92 Å². The Balaban J connectivity index is 1.51. The molecule has 1 amide bonds. The first kappa shape index (κ1) is 30.1. The number of aromatic nitrogens is 4. The van der Waals surface area contributed by atoms with Gasteiger partial charge >= 0.3 is 0 Å². The number of amides is 1. The second kappa shape index (κ2) is 13.3. The molecule has 0 spiro atoms. The summed E-state index contributed by atoms with van der Waals surface area (Å²) in [6, 6.07) is 9.32. The van der Waals surface area contributed by atoms with Crippen LogP contribution in [0.15, 0.2) is 30.3 Å². The number of morpholine rings is 1. The second-order valence-corrected chi connectivity index (χ2v) is 11.9. The Hall–Kier alpha value is -3.38. The van der Waals surface area contributed by atoms with E-state index in [9.17, 15) is 13.6 Å². The fourth-order valence-corrected chi connectivity index (χ4v) is 5.92. The van der Waals surface area contributed by atoms with E-state index in [0.29, 0.717) is 67.4 Å². The molecule has 42 heavy (non-hydrogen) atoms. The third kappa shape index (κ3) is 6.97. The zero-order valence-electron chi connectivity index (χ0n) is 25.0. The molecule has 2 aromatic heterocycles. The molecule has 1 saturated heterocycles. The highest BCUT2D eigenvalue weighted by atomic mass is 19.3. The largest absolute Gasteiger partial charge is 0.378 e. The average Bonchev–Trinajstić information content (AvgIpc) is 3.36. The van der Waals surface area contributed by atoms with Gasteiger partial charge in [0.1, 0.15) is 11.6 Å². The molecule has 0 atom stereocenters. The molecule has 1 N–H and O–H groups in total. The normalized spacial score (nSPS) is 19.7. The molecule has 1 aliphatic heterocycles. The quantitative estimate of drug-likeness (QED) is 0.382. The summed E-state index contributed by atoms with van der Waals surface area (Å²) in [5.74, 6) is 1.65. The highest BCUT2D eigenvalue weighted by Gasteiger charge is 2.30. The Morgan fingerprint density at radius 1 is 1.07 bits per heavy atom. The van der Waals surface area contributed by atoms with Crippen LogP contribution in [0.5, 0.6) is 0 Å². The Labute approximate surface area is 246 Å². The lowest BCUT2D eigenvalue weighted by molar-refractivity contribution is -0.122. The summed E-state index contributed by atoms with van der Waals surface area (Å²) in [6.45, 7) is 7.82. The van der Waals surface area contributed by atoms with Crippen LogP contribution >= 0.6 is 0 Å². The number of nitrogens with zero attached hydrogens (tertiary/aromatic N) is 7. The van der Waals surface area contributed by atoms with E-state index in [1.807, 2.05) is 31.1 Å². The van der Waals surface area contributed by atoms with Gasteiger partial charge in [0.05, 0.1) is 30.8 Å². The number of hydrogen-bond acceptors (Lipinski definition) is 8. The van der Waals surface area contributed by atoms with Gasteiger partial charge in [0.25, 0.3) is 6.43 Å². The first-order valence-electron chi connectivity index (χ1n) is 14.9. The SMILES string of the molecule is CC(C)CN(c1cc(-n2c(C(F)F)nc3ccccc32)nc(N2CCOCC2)n1)[C@H]1CC[C@H](NC(=O)CN(C)C)CC1. The molecule has 1 aromatic carbocycles. The van der Waals surface area contributed by atoms with Crippen LogP contribution in [0.4, 0.5) is 20.5 Å². The Bertz CT molecular complexity index is 1350. The maximum Gasteiger partial charge on any atom is 0.296 e. The van der Waals surface area contributed by atoms with Crippen LogP contribution in [-0.2, 0) is 9.53 Å². The van der Waals surface area contributed by atoms with Crippen LogP contribution in [0.1, 0.15) is 51.8 Å². The topological polar surface area (TPSA) is 91.6 Å². The van der Waals surface area contributed by atoms with Crippen LogP contribution in [-0.4, -0.2) is 95.9 Å². The smallest absolute Gasteiger partial charge is 0.296 e. The number of fused-ring (bicyclic) bond motifs is 1. The van der Waals surface area contributed by atoms with E-state index in [1.165, 1.54) is 4.57 Å². The molecule has 3 aromatic rings. The molecule has 12 heteroatoms. The van der Waals surface area contributed by atoms with Gasteiger partial charge in [-0.05, 0) is 57.8 Å². The molecule has 1 aliphatic carbocycles. The number of ether oxygens (including phenoxy) is 1. The number of nitrogens with one attached hydrogen (secondary N) is 1. The van der Waals surface area contributed by atoms with Gasteiger partial charge in [-0.3, -0.25) is 9.36 Å². The minimum absolute atomic E-state index is 0.0421. The number of imidazole rings is 1. The van der Waals surface area contributed by atoms with Crippen molar-refractivity contribution in [1.82, 2.24) is 29.7 Å². The zero-order valence-corrected chi connectivity index (χ0v) is 25.0. The summed E-state index contributed by atoms with van der Waals surface area (Å²) in [6.07, 6.45) is 0.750. The van der Waals surface area contributed by atoms with Crippen molar-refractivity contribution in [3.63, 3.8) is 0 Å². The zero-order chi connectivity index (χ0) is 29.8. The highest BCUT2D eigenvalue weighted by molar-refractivity contribution is 5.79. The van der Waals surface area contributed by atoms with Gasteiger partial charge in [0, 0.05) is 37.8 Å². The van der Waals surface area contributed by atoms with Gasteiger partial charge in [-0.15, -0.1) is 0 Å². The van der Waals surface area contributed by atoms with E-state index in [-0.39, 0.29) is 23.8 Å². The number of benzene rings is 1. The number of carbonyl (C=O) groups excluding carboxylic acids is 1. The van der Waals surface area contributed by atoms with Crippen molar-refractivity contribution < 1.29 is 18.3 Å². The molecular formula is C30H42F2N8O2. The maximum atomic E-state index is 14.3. The van der Waals surface area contributed by atoms with Gasteiger partial charge in [0.2, 0.25) is 11.9 Å². The van der Waals surface area contributed by atoms with Crippen molar-refractivity contribution >= 4 is 28.7 Å². The Kier molecular flexibility index (Phi) is 9.52. The number of alkyl halides is 2. The Morgan fingerprint density at radius 3 is 2.45 bits per heavy atom. The van der Waals surface area contributed by atoms with Gasteiger partial charge in [-0.25, -0.2) is 13.8 Å². The molecule has 1 saturated carbocycles. The summed E-state index contributed by atoms with van der Waals surface area (Å²) in [5.41, 5.74) is 1.07. The summed E-state index contributed by atoms with van der Waals surface area (Å²) in [4.78, 5) is 32.7. The molecular weight excluding hydrogens is 542 g/mol.